The zero-order chi connectivity index (χ0) is 14.5. The molecule has 0 atom stereocenters. The molecule has 0 amide bonds. The highest BCUT2D eigenvalue weighted by Gasteiger charge is 2.38. The van der Waals surface area contributed by atoms with Crippen LogP contribution in [0.3, 0.4) is 0 Å². The first kappa shape index (κ1) is 13.0. The fourth-order valence-corrected chi connectivity index (χ4v) is 2.52. The quantitative estimate of drug-likeness (QED) is 0.734. The monoisotopic (exact) mass is 271 g/mol. The summed E-state index contributed by atoms with van der Waals surface area (Å²) in [5.74, 6) is 0. The van der Waals surface area contributed by atoms with Gasteiger partial charge in [0.1, 0.15) is 0 Å². The lowest BCUT2D eigenvalue weighted by Gasteiger charge is -2.26. The van der Waals surface area contributed by atoms with Gasteiger partial charge in [0.25, 0.3) is 0 Å². The van der Waals surface area contributed by atoms with Crippen molar-refractivity contribution in [3.63, 3.8) is 0 Å². The zero-order valence-electron chi connectivity index (χ0n) is 11.3. The van der Waals surface area contributed by atoms with Crippen LogP contribution in [0.5, 0.6) is 0 Å². The van der Waals surface area contributed by atoms with E-state index < -0.39 is 5.41 Å². The predicted molar refractivity (Wildman–Crippen MR) is 80.4 cm³/mol. The summed E-state index contributed by atoms with van der Waals surface area (Å²) in [7, 11) is 0. The fourth-order valence-electron chi connectivity index (χ4n) is 2.52. The summed E-state index contributed by atoms with van der Waals surface area (Å²) in [4.78, 5) is 8.53. The fraction of sp³-hybridized carbons (Fsp3) is 0.0556. The van der Waals surface area contributed by atoms with Crippen LogP contribution in [0.2, 0.25) is 0 Å². The van der Waals surface area contributed by atoms with E-state index in [0.717, 1.165) is 11.1 Å². The zero-order valence-corrected chi connectivity index (χ0v) is 11.3. The minimum Gasteiger partial charge on any atom is -0.261 e. The van der Waals surface area contributed by atoms with Crippen LogP contribution in [0.1, 0.15) is 16.8 Å². The van der Waals surface area contributed by atoms with E-state index in [0.29, 0.717) is 5.69 Å². The molecule has 0 aliphatic carbocycles. The highest BCUT2D eigenvalue weighted by Crippen LogP contribution is 2.36. The molecule has 0 saturated heterocycles. The lowest BCUT2D eigenvalue weighted by molar-refractivity contribution is 0.751. The Morgan fingerprint density at radius 2 is 1.38 bits per heavy atom. The molecule has 0 aliphatic rings. The third-order valence-electron chi connectivity index (χ3n) is 3.53. The Labute approximate surface area is 123 Å². The summed E-state index contributed by atoms with van der Waals surface area (Å²) in [6, 6.07) is 21.9. The number of nitrogens with zero attached hydrogens (tertiary/aromatic N) is 3. The van der Waals surface area contributed by atoms with E-state index >= 15 is 0 Å². The van der Waals surface area contributed by atoms with Gasteiger partial charge in [0.2, 0.25) is 0 Å². The van der Waals surface area contributed by atoms with E-state index in [2.05, 4.69) is 16.0 Å². The molecule has 100 valence electrons. The van der Waals surface area contributed by atoms with Gasteiger partial charge in [-0.25, -0.2) is 0 Å². The maximum Gasteiger partial charge on any atom is 0.151 e. The molecular formula is C18H13N3. The summed E-state index contributed by atoms with van der Waals surface area (Å²) in [5, 5.41) is 10.0. The number of nitriles is 1. The van der Waals surface area contributed by atoms with Crippen molar-refractivity contribution >= 4 is 0 Å². The molecule has 0 aliphatic heterocycles. The lowest BCUT2D eigenvalue weighted by atomic mass is 9.73. The number of aromatic nitrogens is 2. The second kappa shape index (κ2) is 5.56. The second-order valence-corrected chi connectivity index (χ2v) is 4.68. The molecule has 1 heterocycles. The average molecular weight is 271 g/mol. The summed E-state index contributed by atoms with van der Waals surface area (Å²) in [6.45, 7) is 0. The molecule has 1 aromatic heterocycles. The molecule has 0 N–H and O–H groups in total. The van der Waals surface area contributed by atoms with Gasteiger partial charge in [-0.1, -0.05) is 60.7 Å². The summed E-state index contributed by atoms with van der Waals surface area (Å²) in [5.41, 5.74) is 1.46. The van der Waals surface area contributed by atoms with E-state index in [4.69, 9.17) is 0 Å². The van der Waals surface area contributed by atoms with Crippen LogP contribution in [-0.4, -0.2) is 9.97 Å². The first-order valence-electron chi connectivity index (χ1n) is 6.67. The topological polar surface area (TPSA) is 49.6 Å². The molecule has 3 nitrogen and oxygen atoms in total. The Balaban J connectivity index is 2.32. The molecule has 0 unspecified atom stereocenters. The van der Waals surface area contributed by atoms with Gasteiger partial charge in [0.15, 0.2) is 5.41 Å². The van der Waals surface area contributed by atoms with Crippen LogP contribution in [-0.2, 0) is 5.41 Å². The Morgan fingerprint density at radius 1 is 0.810 bits per heavy atom. The minimum atomic E-state index is -0.948. The molecule has 3 aromatic rings. The van der Waals surface area contributed by atoms with Gasteiger partial charge in [-0.05, 0) is 11.1 Å². The molecule has 0 radical (unpaired) electrons. The van der Waals surface area contributed by atoms with Crippen molar-refractivity contribution in [3.8, 4) is 6.07 Å². The van der Waals surface area contributed by atoms with Gasteiger partial charge in [-0.3, -0.25) is 9.97 Å². The van der Waals surface area contributed by atoms with E-state index in [9.17, 15) is 5.26 Å². The maximum atomic E-state index is 10.0. The number of hydrogen-bond donors (Lipinski definition) is 0. The van der Waals surface area contributed by atoms with Gasteiger partial charge >= 0.3 is 0 Å². The van der Waals surface area contributed by atoms with Crippen molar-refractivity contribution in [1.29, 1.82) is 5.26 Å². The molecule has 3 rings (SSSR count). The van der Waals surface area contributed by atoms with Crippen LogP contribution >= 0.6 is 0 Å². The first-order valence-corrected chi connectivity index (χ1v) is 6.67. The second-order valence-electron chi connectivity index (χ2n) is 4.68. The first-order chi connectivity index (χ1) is 10.4. The van der Waals surface area contributed by atoms with Gasteiger partial charge in [-0.15, -0.1) is 0 Å². The minimum absolute atomic E-state index is 0.630. The van der Waals surface area contributed by atoms with Crippen LogP contribution in [0.15, 0.2) is 79.3 Å². The molecule has 0 bridgehead atoms. The Bertz CT molecular complexity index is 650. The van der Waals surface area contributed by atoms with E-state index in [1.807, 2.05) is 60.7 Å². The van der Waals surface area contributed by atoms with E-state index in [1.54, 1.807) is 18.6 Å². The van der Waals surface area contributed by atoms with Crippen molar-refractivity contribution < 1.29 is 0 Å². The molecule has 2 aromatic carbocycles. The smallest absolute Gasteiger partial charge is 0.151 e. The van der Waals surface area contributed by atoms with Crippen molar-refractivity contribution in [2.75, 3.05) is 0 Å². The van der Waals surface area contributed by atoms with Crippen molar-refractivity contribution in [1.82, 2.24) is 9.97 Å². The Kier molecular flexibility index (Phi) is 3.44. The summed E-state index contributed by atoms with van der Waals surface area (Å²) >= 11 is 0. The molecule has 0 spiro atoms. The molecule has 0 saturated carbocycles. The average Bonchev–Trinajstić information content (AvgIpc) is 2.59. The van der Waals surface area contributed by atoms with E-state index in [-0.39, 0.29) is 0 Å². The van der Waals surface area contributed by atoms with Crippen LogP contribution < -0.4 is 0 Å². The molecule has 21 heavy (non-hydrogen) atoms. The molecule has 3 heteroatoms. The van der Waals surface area contributed by atoms with Crippen molar-refractivity contribution in [3.05, 3.63) is 96.1 Å². The molecule has 0 fully saturated rings. The van der Waals surface area contributed by atoms with Crippen molar-refractivity contribution in [2.24, 2.45) is 0 Å². The standard InChI is InChI=1S/C18H13N3/c19-14-18(15-7-3-1-4-8-15,16-9-5-2-6-10-16)17-13-20-11-12-21-17/h1-13H. The Morgan fingerprint density at radius 3 is 1.81 bits per heavy atom. The third kappa shape index (κ3) is 2.17. The summed E-state index contributed by atoms with van der Waals surface area (Å²) in [6.07, 6.45) is 4.89. The predicted octanol–water partition coefficient (Wildman–Crippen LogP) is 3.33. The summed E-state index contributed by atoms with van der Waals surface area (Å²) < 4.78 is 0. The van der Waals surface area contributed by atoms with Gasteiger partial charge in [-0.2, -0.15) is 5.26 Å². The van der Waals surface area contributed by atoms with Gasteiger partial charge in [0, 0.05) is 12.4 Å². The number of rotatable bonds is 3. The maximum absolute atomic E-state index is 10.0. The van der Waals surface area contributed by atoms with Crippen LogP contribution in [0.25, 0.3) is 0 Å². The third-order valence-corrected chi connectivity index (χ3v) is 3.53. The van der Waals surface area contributed by atoms with Crippen molar-refractivity contribution in [2.45, 2.75) is 5.41 Å². The number of benzene rings is 2. The van der Waals surface area contributed by atoms with E-state index in [1.165, 1.54) is 0 Å². The highest BCUT2D eigenvalue weighted by atomic mass is 14.8. The van der Waals surface area contributed by atoms with Gasteiger partial charge < -0.3 is 0 Å². The van der Waals surface area contributed by atoms with Gasteiger partial charge in [0.05, 0.1) is 18.0 Å². The largest absolute Gasteiger partial charge is 0.261 e. The van der Waals surface area contributed by atoms with Crippen LogP contribution in [0, 0.1) is 11.3 Å². The van der Waals surface area contributed by atoms with Crippen LogP contribution in [0.4, 0.5) is 0 Å². The Hall–Kier alpha value is -2.99. The number of hydrogen-bond acceptors (Lipinski definition) is 3. The normalized spacial score (nSPS) is 10.8. The lowest BCUT2D eigenvalue weighted by Crippen LogP contribution is -2.28. The molecular weight excluding hydrogens is 258 g/mol. The highest BCUT2D eigenvalue weighted by molar-refractivity contribution is 5.53. The SMILES string of the molecule is N#CC(c1ccccc1)(c1ccccc1)c1cnccn1.